The van der Waals surface area contributed by atoms with E-state index in [1.807, 2.05) is 0 Å². The molecule has 7 heterocycles. The quantitative estimate of drug-likeness (QED) is 0.330. The number of aromatic nitrogens is 4. The number of hydrogen-bond donors (Lipinski definition) is 2. The first kappa shape index (κ1) is 27.2. The van der Waals surface area contributed by atoms with Crippen LogP contribution in [0.15, 0.2) is 24.5 Å². The number of pyridine rings is 1. The molecular weight excluding hydrogens is 583 g/mol. The fraction of sp³-hybridized carbons (Fsp3) is 0.500. The summed E-state index contributed by atoms with van der Waals surface area (Å²) < 4.78 is 54.6. The summed E-state index contributed by atoms with van der Waals surface area (Å²) in [7, 11) is 0. The van der Waals surface area contributed by atoms with Crippen molar-refractivity contribution in [3.8, 4) is 22.9 Å². The van der Waals surface area contributed by atoms with Crippen LogP contribution in [0, 0.1) is 11.6 Å². The van der Waals surface area contributed by atoms with E-state index in [0.29, 0.717) is 31.9 Å². The van der Waals surface area contributed by atoms with E-state index in [9.17, 15) is 9.50 Å². The van der Waals surface area contributed by atoms with Gasteiger partial charge in [-0.1, -0.05) is 11.6 Å². The third kappa shape index (κ3) is 4.32. The lowest BCUT2D eigenvalue weighted by Crippen LogP contribution is -2.58. The molecule has 4 fully saturated rings. The van der Waals surface area contributed by atoms with Crippen LogP contribution in [0.2, 0.25) is 5.02 Å². The zero-order valence-corrected chi connectivity index (χ0v) is 24.3. The number of piperazine rings is 1. The third-order valence-corrected chi connectivity index (χ3v) is 10.0. The van der Waals surface area contributed by atoms with E-state index >= 15 is 8.78 Å². The highest BCUT2D eigenvalue weighted by Crippen LogP contribution is 2.43. The topological polar surface area (TPSA) is 91.0 Å². The smallest absolute Gasteiger partial charge is 0.319 e. The summed E-state index contributed by atoms with van der Waals surface area (Å²) in [5.74, 6) is -1.62. The number of alkyl halides is 1. The maximum Gasteiger partial charge on any atom is 0.319 e. The largest absolute Gasteiger partial charge is 0.506 e. The number of nitrogens with zero attached hydrogens (tertiary/aromatic N) is 6. The molecule has 13 heteroatoms. The van der Waals surface area contributed by atoms with Crippen LogP contribution < -0.4 is 15.0 Å². The van der Waals surface area contributed by atoms with Crippen LogP contribution >= 0.6 is 11.6 Å². The number of ether oxygens (including phenoxy) is 1. The van der Waals surface area contributed by atoms with E-state index in [2.05, 4.69) is 32.1 Å². The Morgan fingerprint density at radius 1 is 1.21 bits per heavy atom. The lowest BCUT2D eigenvalue weighted by atomic mass is 9.95. The Morgan fingerprint density at radius 2 is 2.07 bits per heavy atom. The van der Waals surface area contributed by atoms with E-state index in [-0.39, 0.29) is 57.0 Å². The Kier molecular flexibility index (Phi) is 6.06. The molecule has 3 aromatic heterocycles. The zero-order valence-electron chi connectivity index (χ0n) is 23.6. The van der Waals surface area contributed by atoms with Gasteiger partial charge in [-0.05, 0) is 51.3 Å². The Bertz CT molecular complexity index is 1790. The number of hydrogen-bond acceptors (Lipinski definition) is 8. The van der Waals surface area contributed by atoms with Gasteiger partial charge in [-0.2, -0.15) is 15.1 Å². The van der Waals surface area contributed by atoms with E-state index in [1.165, 1.54) is 29.0 Å². The number of anilines is 1. The molecule has 2 bridgehead atoms. The molecule has 1 aromatic carbocycles. The molecule has 8 rings (SSSR count). The summed E-state index contributed by atoms with van der Waals surface area (Å²) >= 11 is 6.36. The molecular formula is C30H31ClF3N7O2. The number of benzene rings is 1. The Hall–Kier alpha value is -3.35. The van der Waals surface area contributed by atoms with Gasteiger partial charge in [-0.15, -0.1) is 0 Å². The van der Waals surface area contributed by atoms with Crippen molar-refractivity contribution in [2.75, 3.05) is 37.7 Å². The van der Waals surface area contributed by atoms with Gasteiger partial charge in [0.1, 0.15) is 35.7 Å². The minimum Gasteiger partial charge on any atom is -0.506 e. The molecule has 2 N–H and O–H groups in total. The molecule has 3 unspecified atom stereocenters. The Labute approximate surface area is 250 Å². The summed E-state index contributed by atoms with van der Waals surface area (Å²) in [6.45, 7) is 4.71. The average Bonchev–Trinajstić information content (AvgIpc) is 3.68. The van der Waals surface area contributed by atoms with Crippen LogP contribution in [-0.4, -0.2) is 85.7 Å². The molecule has 9 nitrogen and oxygen atoms in total. The molecule has 4 atom stereocenters. The van der Waals surface area contributed by atoms with Gasteiger partial charge in [0.25, 0.3) is 0 Å². The molecule has 4 aliphatic heterocycles. The maximum atomic E-state index is 16.7. The van der Waals surface area contributed by atoms with E-state index in [4.69, 9.17) is 21.3 Å². The minimum absolute atomic E-state index is 0.0372. The van der Waals surface area contributed by atoms with E-state index < -0.39 is 28.9 Å². The molecule has 4 saturated heterocycles. The molecule has 4 aromatic rings. The second-order valence-electron chi connectivity index (χ2n) is 12.9. The highest BCUT2D eigenvalue weighted by Gasteiger charge is 2.49. The summed E-state index contributed by atoms with van der Waals surface area (Å²) in [5.41, 5.74) is -0.826. The summed E-state index contributed by atoms with van der Waals surface area (Å²) in [6, 6.07) is 2.68. The summed E-state index contributed by atoms with van der Waals surface area (Å²) in [4.78, 5) is 13.4. The molecule has 0 saturated carbocycles. The predicted molar refractivity (Wildman–Crippen MR) is 156 cm³/mol. The second kappa shape index (κ2) is 9.57. The molecule has 0 radical (unpaired) electrons. The highest BCUT2D eigenvalue weighted by molar-refractivity contribution is 6.34. The number of halogens is 4. The first-order valence-corrected chi connectivity index (χ1v) is 15.1. The van der Waals surface area contributed by atoms with Crippen molar-refractivity contribution >= 4 is 33.8 Å². The lowest BCUT2D eigenvalue weighted by molar-refractivity contribution is 0.107. The lowest BCUT2D eigenvalue weighted by Gasteiger charge is -2.40. The minimum atomic E-state index is -0.928. The number of aromatic hydroxyl groups is 1. The first-order valence-electron chi connectivity index (χ1n) is 14.7. The van der Waals surface area contributed by atoms with E-state index in [0.717, 1.165) is 32.2 Å². The van der Waals surface area contributed by atoms with Gasteiger partial charge in [-0.25, -0.2) is 17.7 Å². The van der Waals surface area contributed by atoms with Crippen molar-refractivity contribution in [1.29, 1.82) is 0 Å². The van der Waals surface area contributed by atoms with Gasteiger partial charge in [0.2, 0.25) is 0 Å². The van der Waals surface area contributed by atoms with Crippen LogP contribution in [0.1, 0.15) is 39.0 Å². The second-order valence-corrected chi connectivity index (χ2v) is 13.3. The van der Waals surface area contributed by atoms with Gasteiger partial charge >= 0.3 is 6.01 Å². The fourth-order valence-electron chi connectivity index (χ4n) is 7.93. The van der Waals surface area contributed by atoms with E-state index in [1.54, 1.807) is 0 Å². The first-order chi connectivity index (χ1) is 20.6. The number of nitrogens with one attached hydrogen (secondary N) is 1. The molecule has 0 aliphatic carbocycles. The molecule has 0 amide bonds. The van der Waals surface area contributed by atoms with Crippen molar-refractivity contribution in [3.05, 3.63) is 41.2 Å². The molecule has 226 valence electrons. The molecule has 4 aliphatic rings. The van der Waals surface area contributed by atoms with Crippen LogP contribution in [0.4, 0.5) is 19.0 Å². The van der Waals surface area contributed by atoms with Crippen molar-refractivity contribution in [3.63, 3.8) is 0 Å². The summed E-state index contributed by atoms with van der Waals surface area (Å²) in [5, 5.41) is 18.5. The molecule has 0 spiro atoms. The Balaban J connectivity index is 1.28. The van der Waals surface area contributed by atoms with Crippen LogP contribution in [0.25, 0.3) is 27.5 Å². The molecule has 43 heavy (non-hydrogen) atoms. The standard InChI is InChI=1S/C30H31ClF3N7O2/c1-29-5-3-17(38-29)12-39(14-29)27-20-8-22(33)23(19-7-18(42)13-41-26(19)21(31)10-35-41)24(34)25(20)36-28(37-27)43-15-30-4-2-6-40(30)11-16(32)9-30/h7-8,10,13,16-17,38,42H,2-6,9,11-12,14-15H2,1H3/t16?,17?,29?,30-/m0/s1. The van der Waals surface area contributed by atoms with Gasteiger partial charge < -0.3 is 20.1 Å². The van der Waals surface area contributed by atoms with Crippen molar-refractivity contribution in [2.45, 2.75) is 62.3 Å². The zero-order chi connectivity index (χ0) is 29.7. The van der Waals surface area contributed by atoms with Gasteiger partial charge in [0.05, 0.1) is 34.0 Å². The average molecular weight is 614 g/mol. The predicted octanol–water partition coefficient (Wildman–Crippen LogP) is 4.87. The maximum absolute atomic E-state index is 16.7. The van der Waals surface area contributed by atoms with Crippen molar-refractivity contribution < 1.29 is 23.0 Å². The number of fused-ring (bicyclic) bond motifs is 5. The Morgan fingerprint density at radius 3 is 2.91 bits per heavy atom. The fourth-order valence-corrected chi connectivity index (χ4v) is 8.16. The van der Waals surface area contributed by atoms with Crippen LogP contribution in [0.5, 0.6) is 11.8 Å². The SMILES string of the molecule is CC12CCC(CN(c3nc(OC[C@@]45CCCN4CC(F)C5)nc4c(F)c(-c5cc(O)cn6ncc(Cl)c56)c(F)cc34)C1)N2. The van der Waals surface area contributed by atoms with Gasteiger partial charge in [0.15, 0.2) is 5.82 Å². The van der Waals surface area contributed by atoms with Crippen LogP contribution in [-0.2, 0) is 0 Å². The van der Waals surface area contributed by atoms with Crippen LogP contribution in [0.3, 0.4) is 0 Å². The monoisotopic (exact) mass is 613 g/mol. The third-order valence-electron chi connectivity index (χ3n) is 9.77. The normalized spacial score (nSPS) is 28.8. The van der Waals surface area contributed by atoms with Gasteiger partial charge in [0, 0.05) is 48.6 Å². The summed E-state index contributed by atoms with van der Waals surface area (Å²) in [6.07, 6.45) is 5.83. The number of rotatable bonds is 5. The van der Waals surface area contributed by atoms with Gasteiger partial charge in [-0.3, -0.25) is 4.90 Å². The highest BCUT2D eigenvalue weighted by atomic mass is 35.5. The van der Waals surface area contributed by atoms with Crippen molar-refractivity contribution in [2.24, 2.45) is 0 Å². The van der Waals surface area contributed by atoms with Crippen molar-refractivity contribution in [1.82, 2.24) is 29.8 Å².